The first kappa shape index (κ1) is 15.9. The number of thioether (sulfide) groups is 1. The topological polar surface area (TPSA) is 110 Å². The number of phenols is 1. The molecule has 0 saturated carbocycles. The van der Waals surface area contributed by atoms with E-state index in [2.05, 4.69) is 0 Å². The van der Waals surface area contributed by atoms with Gasteiger partial charge >= 0.3 is 0 Å². The summed E-state index contributed by atoms with van der Waals surface area (Å²) in [5.74, 6) is -0.909. The monoisotopic (exact) mass is 322 g/mol. The number of nitrogens with zero attached hydrogens (tertiary/aromatic N) is 1. The van der Waals surface area contributed by atoms with Crippen molar-refractivity contribution in [3.63, 3.8) is 0 Å². The average Bonchev–Trinajstić information content (AvgIpc) is 2.70. The molecule has 1 saturated heterocycles. The Balaban J connectivity index is 2.30. The van der Waals surface area contributed by atoms with E-state index in [0.717, 1.165) is 4.90 Å². The first-order valence-corrected chi connectivity index (χ1v) is 7.23. The Kier molecular flexibility index (Phi) is 4.71. The van der Waals surface area contributed by atoms with Crippen LogP contribution in [0.5, 0.6) is 11.5 Å². The number of imide groups is 1. The number of phenolic OH excluding ortho intramolecular Hbond substituents is 1. The highest BCUT2D eigenvalue weighted by atomic mass is 32.2. The smallest absolute Gasteiger partial charge is 0.294 e. The van der Waals surface area contributed by atoms with Crippen molar-refractivity contribution in [2.75, 3.05) is 13.2 Å². The van der Waals surface area contributed by atoms with Crippen LogP contribution in [0.3, 0.4) is 0 Å². The number of carbonyl (C=O) groups excluding carboxylic acids is 3. The maximum absolute atomic E-state index is 12.1. The molecule has 116 valence electrons. The minimum Gasteiger partial charge on any atom is -0.507 e. The van der Waals surface area contributed by atoms with E-state index in [4.69, 9.17) is 10.5 Å². The molecule has 7 nitrogen and oxygen atoms in total. The van der Waals surface area contributed by atoms with Gasteiger partial charge in [0.2, 0.25) is 5.91 Å². The standard InChI is InChI=1S/C14H14N2O5S/c1-2-21-9-3-4-10(17)8(5-9)6-11-13(19)16(7-12(15)18)14(20)22-11/h3-6,17H,2,7H2,1H3,(H2,15,18)/b11-6-. The number of rotatable bonds is 5. The molecule has 8 heteroatoms. The Morgan fingerprint density at radius 2 is 2.18 bits per heavy atom. The molecule has 1 heterocycles. The Hall–Kier alpha value is -2.48. The second-order valence-electron chi connectivity index (χ2n) is 4.39. The third-order valence-corrected chi connectivity index (χ3v) is 3.69. The molecule has 0 radical (unpaired) electrons. The molecule has 0 atom stereocenters. The van der Waals surface area contributed by atoms with Crippen molar-refractivity contribution in [2.24, 2.45) is 5.73 Å². The molecule has 3 N–H and O–H groups in total. The molecule has 1 aromatic carbocycles. The number of amides is 3. The van der Waals surface area contributed by atoms with Gasteiger partial charge in [0.1, 0.15) is 18.0 Å². The third kappa shape index (κ3) is 3.40. The summed E-state index contributed by atoms with van der Waals surface area (Å²) in [5, 5.41) is 9.26. The number of primary amides is 1. The van der Waals surface area contributed by atoms with Crippen molar-refractivity contribution in [3.8, 4) is 11.5 Å². The van der Waals surface area contributed by atoms with Gasteiger partial charge in [-0.15, -0.1) is 0 Å². The fraction of sp³-hybridized carbons (Fsp3) is 0.214. The zero-order chi connectivity index (χ0) is 16.3. The molecule has 0 aliphatic carbocycles. The minimum absolute atomic E-state index is 0.0508. The third-order valence-electron chi connectivity index (χ3n) is 2.78. The number of ether oxygens (including phenoxy) is 1. The van der Waals surface area contributed by atoms with Crippen LogP contribution in [0.1, 0.15) is 12.5 Å². The van der Waals surface area contributed by atoms with Gasteiger partial charge in [-0.25, -0.2) is 0 Å². The van der Waals surface area contributed by atoms with Gasteiger partial charge in [-0.3, -0.25) is 19.3 Å². The van der Waals surface area contributed by atoms with E-state index in [-0.39, 0.29) is 10.7 Å². The summed E-state index contributed by atoms with van der Waals surface area (Å²) in [6, 6.07) is 4.58. The summed E-state index contributed by atoms with van der Waals surface area (Å²) in [6.07, 6.45) is 1.38. The molecular weight excluding hydrogens is 308 g/mol. The summed E-state index contributed by atoms with van der Waals surface area (Å²) in [7, 11) is 0. The largest absolute Gasteiger partial charge is 0.507 e. The fourth-order valence-corrected chi connectivity index (χ4v) is 2.67. The second-order valence-corrected chi connectivity index (χ2v) is 5.38. The van der Waals surface area contributed by atoms with Gasteiger partial charge in [0.25, 0.3) is 11.1 Å². The lowest BCUT2D eigenvalue weighted by Crippen LogP contribution is -2.36. The van der Waals surface area contributed by atoms with Crippen molar-refractivity contribution in [1.29, 1.82) is 0 Å². The van der Waals surface area contributed by atoms with E-state index in [1.54, 1.807) is 12.1 Å². The lowest BCUT2D eigenvalue weighted by atomic mass is 10.1. The van der Waals surface area contributed by atoms with Crippen molar-refractivity contribution in [3.05, 3.63) is 28.7 Å². The van der Waals surface area contributed by atoms with Crippen molar-refractivity contribution in [2.45, 2.75) is 6.92 Å². The van der Waals surface area contributed by atoms with E-state index < -0.39 is 23.6 Å². The molecule has 0 bridgehead atoms. The zero-order valence-electron chi connectivity index (χ0n) is 11.7. The van der Waals surface area contributed by atoms with Crippen LogP contribution in [-0.4, -0.2) is 40.2 Å². The summed E-state index contributed by atoms with van der Waals surface area (Å²) in [5.41, 5.74) is 5.34. The molecule has 1 aliphatic rings. The molecule has 0 unspecified atom stereocenters. The van der Waals surface area contributed by atoms with Gasteiger partial charge in [-0.1, -0.05) is 0 Å². The highest BCUT2D eigenvalue weighted by molar-refractivity contribution is 8.18. The number of benzene rings is 1. The summed E-state index contributed by atoms with van der Waals surface area (Å²) < 4.78 is 5.32. The summed E-state index contributed by atoms with van der Waals surface area (Å²) >= 11 is 0.685. The van der Waals surface area contributed by atoms with Gasteiger partial charge in [-0.2, -0.15) is 0 Å². The maximum atomic E-state index is 12.1. The first-order valence-electron chi connectivity index (χ1n) is 6.42. The Morgan fingerprint density at radius 3 is 2.82 bits per heavy atom. The lowest BCUT2D eigenvalue weighted by Gasteiger charge is -2.08. The maximum Gasteiger partial charge on any atom is 0.294 e. The minimum atomic E-state index is -0.773. The van der Waals surface area contributed by atoms with E-state index in [1.807, 2.05) is 6.92 Å². The van der Waals surface area contributed by atoms with E-state index >= 15 is 0 Å². The molecule has 0 spiro atoms. The number of aromatic hydroxyl groups is 1. The van der Waals surface area contributed by atoms with Gasteiger partial charge in [0.15, 0.2) is 0 Å². The lowest BCUT2D eigenvalue weighted by molar-refractivity contribution is -0.127. The van der Waals surface area contributed by atoms with E-state index in [1.165, 1.54) is 12.1 Å². The van der Waals surface area contributed by atoms with E-state index in [9.17, 15) is 19.5 Å². The van der Waals surface area contributed by atoms with Crippen LogP contribution in [0.15, 0.2) is 23.1 Å². The molecule has 2 rings (SSSR count). The van der Waals surface area contributed by atoms with Crippen LogP contribution in [-0.2, 0) is 9.59 Å². The van der Waals surface area contributed by atoms with Crippen LogP contribution in [0, 0.1) is 0 Å². The van der Waals surface area contributed by atoms with Crippen LogP contribution >= 0.6 is 11.8 Å². The number of hydrogen-bond acceptors (Lipinski definition) is 6. The molecule has 1 fully saturated rings. The normalized spacial score (nSPS) is 16.4. The first-order chi connectivity index (χ1) is 10.4. The van der Waals surface area contributed by atoms with Crippen molar-refractivity contribution < 1.29 is 24.2 Å². The van der Waals surface area contributed by atoms with Crippen molar-refractivity contribution >= 4 is 34.9 Å². The SMILES string of the molecule is CCOc1ccc(O)c(/C=C2\SC(=O)N(CC(N)=O)C2=O)c1. The van der Waals surface area contributed by atoms with Gasteiger partial charge in [0.05, 0.1) is 11.5 Å². The molecule has 1 aliphatic heterocycles. The quantitative estimate of drug-likeness (QED) is 0.791. The number of hydrogen-bond donors (Lipinski definition) is 2. The van der Waals surface area contributed by atoms with Gasteiger partial charge in [0, 0.05) is 5.56 Å². The van der Waals surface area contributed by atoms with Crippen molar-refractivity contribution in [1.82, 2.24) is 4.90 Å². The molecule has 22 heavy (non-hydrogen) atoms. The Labute approximate surface area is 130 Å². The number of carbonyl (C=O) groups is 3. The van der Waals surface area contributed by atoms with Crippen LogP contribution < -0.4 is 10.5 Å². The van der Waals surface area contributed by atoms with Gasteiger partial charge in [-0.05, 0) is 43.0 Å². The highest BCUT2D eigenvalue weighted by Gasteiger charge is 2.35. The molecule has 0 aromatic heterocycles. The Bertz CT molecular complexity index is 671. The second kappa shape index (κ2) is 6.52. The van der Waals surface area contributed by atoms with Gasteiger partial charge < -0.3 is 15.6 Å². The molecule has 3 amide bonds. The summed E-state index contributed by atoms with van der Waals surface area (Å²) in [6.45, 7) is 1.81. The molecular formula is C14H14N2O5S. The fourth-order valence-electron chi connectivity index (χ4n) is 1.84. The van der Waals surface area contributed by atoms with Crippen LogP contribution in [0.2, 0.25) is 0 Å². The van der Waals surface area contributed by atoms with Crippen LogP contribution in [0.4, 0.5) is 4.79 Å². The predicted molar refractivity (Wildman–Crippen MR) is 81.1 cm³/mol. The Morgan fingerprint density at radius 1 is 1.45 bits per heavy atom. The number of nitrogens with two attached hydrogens (primary N) is 1. The molecule has 1 aromatic rings. The predicted octanol–water partition coefficient (Wildman–Crippen LogP) is 1.31. The van der Waals surface area contributed by atoms with E-state index in [0.29, 0.717) is 29.7 Å². The van der Waals surface area contributed by atoms with Crippen LogP contribution in [0.25, 0.3) is 6.08 Å². The highest BCUT2D eigenvalue weighted by Crippen LogP contribution is 2.34. The summed E-state index contributed by atoms with van der Waals surface area (Å²) in [4.78, 5) is 35.5. The average molecular weight is 322 g/mol. The zero-order valence-corrected chi connectivity index (χ0v) is 12.6.